The summed E-state index contributed by atoms with van der Waals surface area (Å²) in [6.45, 7) is 5.95. The number of hydrogen-bond donors (Lipinski definition) is 2. The molecule has 2 rings (SSSR count). The third kappa shape index (κ3) is 6.92. The normalized spacial score (nSPS) is 9.93. The summed E-state index contributed by atoms with van der Waals surface area (Å²) < 4.78 is 10.9. The van der Waals surface area contributed by atoms with Crippen molar-refractivity contribution in [1.82, 2.24) is 5.32 Å². The zero-order valence-electron chi connectivity index (χ0n) is 15.4. The van der Waals surface area contributed by atoms with Crippen molar-refractivity contribution in [1.29, 1.82) is 0 Å². The second-order valence-corrected chi connectivity index (χ2v) is 6.02. The molecule has 0 saturated heterocycles. The predicted octanol–water partition coefficient (Wildman–Crippen LogP) is 4.45. The minimum absolute atomic E-state index is 0. The number of anilines is 1. The Morgan fingerprint density at radius 1 is 1.25 bits per heavy atom. The Balaban J connectivity index is 0.00000392. The lowest BCUT2D eigenvalue weighted by atomic mass is 10.2. The van der Waals surface area contributed by atoms with Crippen LogP contribution < -0.4 is 20.1 Å². The van der Waals surface area contributed by atoms with Gasteiger partial charge in [-0.1, -0.05) is 24.3 Å². The van der Waals surface area contributed by atoms with Crippen molar-refractivity contribution >= 4 is 35.4 Å². The van der Waals surface area contributed by atoms with Crippen LogP contribution in [0, 0.1) is 10.1 Å². The number of nitrogens with one attached hydrogen (secondary N) is 2. The van der Waals surface area contributed by atoms with Gasteiger partial charge < -0.3 is 20.1 Å². The van der Waals surface area contributed by atoms with Gasteiger partial charge in [0.05, 0.1) is 17.1 Å². The molecule has 0 radical (unpaired) electrons. The molecule has 0 aliphatic rings. The number of benzene rings is 2. The number of hydrogen-bond acceptors (Lipinski definition) is 6. The largest absolute Gasteiger partial charge is 0.493 e. The quantitative estimate of drug-likeness (QED) is 0.238. The Kier molecular flexibility index (Phi) is 10.2. The minimum atomic E-state index is -0.418. The molecule has 0 saturated carbocycles. The number of nitrogens with zero attached hydrogens (tertiary/aromatic N) is 1. The van der Waals surface area contributed by atoms with Gasteiger partial charge in [0.2, 0.25) is 0 Å². The number of nitro groups is 1. The molecule has 2 aromatic carbocycles. The van der Waals surface area contributed by atoms with Gasteiger partial charge in [0.15, 0.2) is 11.5 Å². The molecule has 0 aliphatic carbocycles. The first-order valence-electron chi connectivity index (χ1n) is 8.34. The monoisotopic (exact) mass is 427 g/mol. The van der Waals surface area contributed by atoms with Crippen LogP contribution in [0.1, 0.15) is 5.56 Å². The Hall–Kier alpha value is -2.48. The van der Waals surface area contributed by atoms with Crippen molar-refractivity contribution in [3.8, 4) is 11.5 Å². The van der Waals surface area contributed by atoms with Gasteiger partial charge in [-0.15, -0.1) is 12.4 Å². The molecule has 0 aliphatic heterocycles. The van der Waals surface area contributed by atoms with Gasteiger partial charge in [0.25, 0.3) is 5.69 Å². The lowest BCUT2D eigenvalue weighted by Gasteiger charge is -2.14. The van der Waals surface area contributed by atoms with Crippen molar-refractivity contribution in [3.05, 3.63) is 69.8 Å². The highest BCUT2D eigenvalue weighted by Crippen LogP contribution is 2.36. The number of non-ortho nitro benzene ring substituents is 1. The second-order valence-electron chi connectivity index (χ2n) is 5.62. The number of rotatable bonds is 11. The first kappa shape index (κ1) is 23.6. The third-order valence-corrected chi connectivity index (χ3v) is 3.95. The highest BCUT2D eigenvalue weighted by Gasteiger charge is 2.11. The van der Waals surface area contributed by atoms with Crippen molar-refractivity contribution in [2.75, 3.05) is 32.1 Å². The van der Waals surface area contributed by atoms with Gasteiger partial charge in [-0.05, 0) is 29.8 Å². The molecule has 2 N–H and O–H groups in total. The van der Waals surface area contributed by atoms with Gasteiger partial charge in [-0.3, -0.25) is 10.1 Å². The number of halogens is 2. The van der Waals surface area contributed by atoms with Gasteiger partial charge in [0.1, 0.15) is 6.61 Å². The highest BCUT2D eigenvalue weighted by molar-refractivity contribution is 6.32. The SMILES string of the molecule is C=CCOc1c(Cl)cc(CNCCNc2ccc([N+](=O)[O-])cc2)cc1OC.Cl. The standard InChI is InChI=1S/C19H22ClN3O4.ClH/c1-3-10-27-19-17(20)11-14(12-18(19)26-2)13-21-8-9-22-15-4-6-16(7-5-15)23(24)25;/h3-7,11-12,21-22H,1,8-10,13H2,2H3;1H. The lowest BCUT2D eigenvalue weighted by Crippen LogP contribution is -2.21. The molecule has 0 bridgehead atoms. The molecule has 0 atom stereocenters. The van der Waals surface area contributed by atoms with Crippen molar-refractivity contribution in [3.63, 3.8) is 0 Å². The number of nitro benzene ring substituents is 1. The maximum Gasteiger partial charge on any atom is 0.269 e. The zero-order valence-corrected chi connectivity index (χ0v) is 17.0. The van der Waals surface area contributed by atoms with Crippen LogP contribution in [0.2, 0.25) is 5.02 Å². The molecule has 152 valence electrons. The van der Waals surface area contributed by atoms with E-state index in [4.69, 9.17) is 21.1 Å². The first-order chi connectivity index (χ1) is 13.0. The molecule has 0 spiro atoms. The van der Waals surface area contributed by atoms with Crippen molar-refractivity contribution < 1.29 is 14.4 Å². The fourth-order valence-electron chi connectivity index (χ4n) is 2.39. The summed E-state index contributed by atoms with van der Waals surface area (Å²) in [6, 6.07) is 10.0. The predicted molar refractivity (Wildman–Crippen MR) is 114 cm³/mol. The van der Waals surface area contributed by atoms with E-state index in [9.17, 15) is 10.1 Å². The molecular weight excluding hydrogens is 405 g/mol. The Morgan fingerprint density at radius 2 is 1.96 bits per heavy atom. The van der Waals surface area contributed by atoms with Gasteiger partial charge in [-0.25, -0.2) is 0 Å². The smallest absolute Gasteiger partial charge is 0.269 e. The summed E-state index contributed by atoms with van der Waals surface area (Å²) in [5, 5.41) is 17.6. The van der Waals surface area contributed by atoms with Crippen LogP contribution in [0.5, 0.6) is 11.5 Å². The molecule has 0 heterocycles. The van der Waals surface area contributed by atoms with Crippen LogP contribution in [0.4, 0.5) is 11.4 Å². The molecule has 0 fully saturated rings. The van der Waals surface area contributed by atoms with Crippen LogP contribution in [0.3, 0.4) is 0 Å². The molecule has 7 nitrogen and oxygen atoms in total. The Morgan fingerprint density at radius 3 is 2.57 bits per heavy atom. The van der Waals surface area contributed by atoms with Crippen molar-refractivity contribution in [2.45, 2.75) is 6.54 Å². The van der Waals surface area contributed by atoms with E-state index in [1.807, 2.05) is 12.1 Å². The molecule has 0 unspecified atom stereocenters. The van der Waals surface area contributed by atoms with Crippen LogP contribution in [-0.4, -0.2) is 31.7 Å². The molecule has 0 aromatic heterocycles. The van der Waals surface area contributed by atoms with E-state index in [1.165, 1.54) is 12.1 Å². The van der Waals surface area contributed by atoms with E-state index < -0.39 is 4.92 Å². The summed E-state index contributed by atoms with van der Waals surface area (Å²) in [5.74, 6) is 1.08. The first-order valence-corrected chi connectivity index (χ1v) is 8.72. The Bertz CT molecular complexity index is 785. The third-order valence-electron chi connectivity index (χ3n) is 3.67. The summed E-state index contributed by atoms with van der Waals surface area (Å²) in [4.78, 5) is 10.2. The maximum absolute atomic E-state index is 10.6. The van der Waals surface area contributed by atoms with Gasteiger partial charge >= 0.3 is 0 Å². The second kappa shape index (κ2) is 12.1. The van der Waals surface area contributed by atoms with E-state index in [1.54, 1.807) is 25.3 Å². The minimum Gasteiger partial charge on any atom is -0.493 e. The summed E-state index contributed by atoms with van der Waals surface area (Å²) >= 11 is 6.28. The van der Waals surface area contributed by atoms with Crippen LogP contribution >= 0.6 is 24.0 Å². The molecule has 9 heteroatoms. The average molecular weight is 428 g/mol. The number of ether oxygens (including phenoxy) is 2. The molecular formula is C19H23Cl2N3O4. The van der Waals surface area contributed by atoms with Gasteiger partial charge in [0, 0.05) is 37.5 Å². The summed E-state index contributed by atoms with van der Waals surface area (Å²) in [6.07, 6.45) is 1.64. The van der Waals surface area contributed by atoms with E-state index >= 15 is 0 Å². The van der Waals surface area contributed by atoms with E-state index in [0.29, 0.717) is 42.8 Å². The van der Waals surface area contributed by atoms with E-state index in [0.717, 1.165) is 11.3 Å². The Labute approximate surface area is 175 Å². The van der Waals surface area contributed by atoms with Gasteiger partial charge in [-0.2, -0.15) is 0 Å². The van der Waals surface area contributed by atoms with Crippen molar-refractivity contribution in [2.24, 2.45) is 0 Å². The van der Waals surface area contributed by atoms with Crippen LogP contribution in [0.15, 0.2) is 49.1 Å². The van der Waals surface area contributed by atoms with Crippen LogP contribution in [-0.2, 0) is 6.54 Å². The fraction of sp³-hybridized carbons (Fsp3) is 0.263. The summed E-state index contributed by atoms with van der Waals surface area (Å²) in [7, 11) is 1.57. The number of methoxy groups -OCH3 is 1. The van der Waals surface area contributed by atoms with Crippen LogP contribution in [0.25, 0.3) is 0 Å². The average Bonchev–Trinajstić information content (AvgIpc) is 2.66. The molecule has 0 amide bonds. The summed E-state index contributed by atoms with van der Waals surface area (Å²) in [5.41, 5.74) is 1.87. The topological polar surface area (TPSA) is 85.7 Å². The fourth-order valence-corrected chi connectivity index (χ4v) is 2.67. The molecule has 28 heavy (non-hydrogen) atoms. The van der Waals surface area contributed by atoms with E-state index in [-0.39, 0.29) is 18.1 Å². The van der Waals surface area contributed by atoms with E-state index in [2.05, 4.69) is 17.2 Å². The molecule has 2 aromatic rings. The maximum atomic E-state index is 10.6. The lowest BCUT2D eigenvalue weighted by molar-refractivity contribution is -0.384. The zero-order chi connectivity index (χ0) is 19.6. The highest BCUT2D eigenvalue weighted by atomic mass is 35.5.